The predicted octanol–water partition coefficient (Wildman–Crippen LogP) is 6.59. The van der Waals surface area contributed by atoms with Crippen LogP contribution < -0.4 is 14.8 Å². The first-order valence-corrected chi connectivity index (χ1v) is 10.7. The minimum absolute atomic E-state index is 0.0141. The standard InChI is InChI=1S/C24H17ClF2N4O5/c1-13-8-15(25)4-7-22(13)35-19-10-16(9-17(11-19)31(33)34)28-23(32)21-12-20(29-30-21)14-2-5-18(6-3-14)36-24(26)27/h2-12,24H,1H3,(H,28,32)(H,29,30). The van der Waals surface area contributed by atoms with Crippen molar-refractivity contribution in [3.05, 3.63) is 93.1 Å². The summed E-state index contributed by atoms with van der Waals surface area (Å²) in [5.74, 6) is -0.0399. The number of ether oxygens (including phenoxy) is 2. The number of nitro benzene ring substituents is 1. The molecule has 0 aliphatic rings. The van der Waals surface area contributed by atoms with E-state index in [1.54, 1.807) is 25.1 Å². The van der Waals surface area contributed by atoms with Gasteiger partial charge in [0.25, 0.3) is 11.6 Å². The molecule has 0 atom stereocenters. The van der Waals surface area contributed by atoms with Gasteiger partial charge in [-0.25, -0.2) is 0 Å². The first-order chi connectivity index (χ1) is 17.2. The van der Waals surface area contributed by atoms with E-state index in [0.29, 0.717) is 22.0 Å². The highest BCUT2D eigenvalue weighted by Gasteiger charge is 2.16. The third-order valence-corrected chi connectivity index (χ3v) is 5.16. The molecule has 1 amide bonds. The fraction of sp³-hybridized carbons (Fsp3) is 0.0833. The second kappa shape index (κ2) is 10.4. The van der Waals surface area contributed by atoms with Gasteiger partial charge in [0.2, 0.25) is 0 Å². The number of carbonyl (C=O) groups is 1. The molecule has 9 nitrogen and oxygen atoms in total. The highest BCUT2D eigenvalue weighted by Crippen LogP contribution is 2.32. The zero-order valence-corrected chi connectivity index (χ0v) is 19.3. The molecular weight excluding hydrogens is 498 g/mol. The molecule has 1 aromatic heterocycles. The molecule has 3 aromatic carbocycles. The summed E-state index contributed by atoms with van der Waals surface area (Å²) in [5, 5.41) is 21.2. The Labute approximate surface area is 207 Å². The maximum absolute atomic E-state index is 12.8. The number of non-ortho nitro benzene ring substituents is 1. The molecule has 0 unspecified atom stereocenters. The van der Waals surface area contributed by atoms with Crippen molar-refractivity contribution in [2.75, 3.05) is 5.32 Å². The van der Waals surface area contributed by atoms with Crippen LogP contribution in [0.4, 0.5) is 20.2 Å². The van der Waals surface area contributed by atoms with Gasteiger partial charge in [-0.2, -0.15) is 13.9 Å². The molecule has 0 aliphatic carbocycles. The number of nitrogens with one attached hydrogen (secondary N) is 2. The smallest absolute Gasteiger partial charge is 0.387 e. The molecule has 12 heteroatoms. The summed E-state index contributed by atoms with van der Waals surface area (Å²) in [7, 11) is 0. The number of nitro groups is 1. The van der Waals surface area contributed by atoms with Crippen LogP contribution in [0.15, 0.2) is 66.7 Å². The second-order valence-electron chi connectivity index (χ2n) is 7.51. The Bertz CT molecular complexity index is 1430. The maximum atomic E-state index is 12.8. The van der Waals surface area contributed by atoms with Crippen molar-refractivity contribution >= 4 is 28.9 Å². The second-order valence-corrected chi connectivity index (χ2v) is 7.94. The lowest BCUT2D eigenvalue weighted by Gasteiger charge is -2.11. The molecule has 4 aromatic rings. The number of carbonyl (C=O) groups excluding carboxylic acids is 1. The Morgan fingerprint density at radius 1 is 1.08 bits per heavy atom. The molecular formula is C24H17ClF2N4O5. The number of hydrogen-bond donors (Lipinski definition) is 2. The number of nitrogens with zero attached hydrogens (tertiary/aromatic N) is 2. The van der Waals surface area contributed by atoms with Gasteiger partial charge >= 0.3 is 6.61 Å². The number of rotatable bonds is 8. The predicted molar refractivity (Wildman–Crippen MR) is 128 cm³/mol. The van der Waals surface area contributed by atoms with Gasteiger partial charge in [-0.3, -0.25) is 20.0 Å². The number of aromatic amines is 1. The van der Waals surface area contributed by atoms with Gasteiger partial charge in [0.15, 0.2) is 0 Å². The van der Waals surface area contributed by atoms with E-state index in [-0.39, 0.29) is 28.6 Å². The summed E-state index contributed by atoms with van der Waals surface area (Å²) in [6.45, 7) is -1.16. The van der Waals surface area contributed by atoms with Crippen LogP contribution >= 0.6 is 11.6 Å². The van der Waals surface area contributed by atoms with Gasteiger partial charge in [0.05, 0.1) is 22.4 Å². The van der Waals surface area contributed by atoms with Crippen molar-refractivity contribution < 1.29 is 28.0 Å². The van der Waals surface area contributed by atoms with Crippen LogP contribution in [-0.2, 0) is 0 Å². The summed E-state index contributed by atoms with van der Waals surface area (Å²) < 4.78 is 34.7. The van der Waals surface area contributed by atoms with Crippen LogP contribution in [0.25, 0.3) is 11.3 Å². The van der Waals surface area contributed by atoms with Gasteiger partial charge < -0.3 is 14.8 Å². The van der Waals surface area contributed by atoms with Gasteiger partial charge in [0, 0.05) is 22.7 Å². The summed E-state index contributed by atoms with van der Waals surface area (Å²) >= 11 is 5.96. The van der Waals surface area contributed by atoms with Crippen LogP contribution in [0.3, 0.4) is 0 Å². The number of halogens is 3. The summed E-state index contributed by atoms with van der Waals surface area (Å²) in [4.78, 5) is 23.6. The quantitative estimate of drug-likeness (QED) is 0.202. The molecule has 0 spiro atoms. The van der Waals surface area contributed by atoms with Crippen LogP contribution in [0.1, 0.15) is 16.1 Å². The van der Waals surface area contributed by atoms with Crippen LogP contribution in [0, 0.1) is 17.0 Å². The highest BCUT2D eigenvalue weighted by atomic mass is 35.5. The first-order valence-electron chi connectivity index (χ1n) is 10.3. The maximum Gasteiger partial charge on any atom is 0.387 e. The van der Waals surface area contributed by atoms with Crippen LogP contribution in [0.5, 0.6) is 17.2 Å². The minimum Gasteiger partial charge on any atom is -0.457 e. The van der Waals surface area contributed by atoms with Crippen molar-refractivity contribution in [3.8, 4) is 28.5 Å². The lowest BCUT2D eigenvalue weighted by Crippen LogP contribution is -2.12. The largest absolute Gasteiger partial charge is 0.457 e. The van der Waals surface area contributed by atoms with Crippen LogP contribution in [0.2, 0.25) is 5.02 Å². The topological polar surface area (TPSA) is 119 Å². The van der Waals surface area contributed by atoms with E-state index in [4.69, 9.17) is 16.3 Å². The summed E-state index contributed by atoms with van der Waals surface area (Å²) in [5.41, 5.74) is 1.56. The van der Waals surface area contributed by atoms with Crippen LogP contribution in [-0.4, -0.2) is 27.6 Å². The summed E-state index contributed by atoms with van der Waals surface area (Å²) in [6, 6.07) is 16.0. The zero-order valence-electron chi connectivity index (χ0n) is 18.5. The van der Waals surface area contributed by atoms with E-state index in [0.717, 1.165) is 5.56 Å². The van der Waals surface area contributed by atoms with E-state index in [9.17, 15) is 23.7 Å². The number of H-pyrrole nitrogens is 1. The molecule has 1 heterocycles. The molecule has 0 saturated heterocycles. The number of benzene rings is 3. The Morgan fingerprint density at radius 2 is 1.83 bits per heavy atom. The number of aryl methyl sites for hydroxylation is 1. The van der Waals surface area contributed by atoms with Crippen molar-refractivity contribution in [2.24, 2.45) is 0 Å². The van der Waals surface area contributed by atoms with Crippen molar-refractivity contribution in [1.29, 1.82) is 0 Å². The third-order valence-electron chi connectivity index (χ3n) is 4.92. The fourth-order valence-electron chi connectivity index (χ4n) is 3.27. The van der Waals surface area contributed by atoms with E-state index in [2.05, 4.69) is 20.3 Å². The van der Waals surface area contributed by atoms with Gasteiger partial charge in [-0.1, -0.05) is 11.6 Å². The average molecular weight is 515 g/mol. The Hall–Kier alpha value is -4.51. The normalized spacial score (nSPS) is 10.8. The molecule has 0 aliphatic heterocycles. The Kier molecular flexibility index (Phi) is 7.11. The van der Waals surface area contributed by atoms with E-state index in [1.807, 2.05) is 0 Å². The summed E-state index contributed by atoms with van der Waals surface area (Å²) in [6.07, 6.45) is 0. The van der Waals surface area contributed by atoms with E-state index in [1.165, 1.54) is 48.5 Å². The zero-order chi connectivity index (χ0) is 25.8. The Morgan fingerprint density at radius 3 is 2.50 bits per heavy atom. The van der Waals surface area contributed by atoms with E-state index < -0.39 is 17.4 Å². The average Bonchev–Trinajstić information content (AvgIpc) is 3.31. The fourth-order valence-corrected chi connectivity index (χ4v) is 3.49. The monoisotopic (exact) mass is 514 g/mol. The van der Waals surface area contributed by atoms with Crippen molar-refractivity contribution in [1.82, 2.24) is 10.2 Å². The molecule has 0 radical (unpaired) electrons. The van der Waals surface area contributed by atoms with E-state index >= 15 is 0 Å². The lowest BCUT2D eigenvalue weighted by molar-refractivity contribution is -0.384. The minimum atomic E-state index is -2.94. The van der Waals surface area contributed by atoms with Gasteiger partial charge in [0.1, 0.15) is 22.9 Å². The molecule has 36 heavy (non-hydrogen) atoms. The van der Waals surface area contributed by atoms with Crippen molar-refractivity contribution in [2.45, 2.75) is 13.5 Å². The van der Waals surface area contributed by atoms with Gasteiger partial charge in [-0.05, 0) is 61.0 Å². The number of amides is 1. The number of anilines is 1. The number of hydrogen-bond acceptors (Lipinski definition) is 6. The third kappa shape index (κ3) is 5.94. The Balaban J connectivity index is 1.53. The molecule has 0 fully saturated rings. The van der Waals surface area contributed by atoms with Crippen molar-refractivity contribution in [3.63, 3.8) is 0 Å². The molecule has 0 saturated carbocycles. The molecule has 0 bridgehead atoms. The highest BCUT2D eigenvalue weighted by molar-refractivity contribution is 6.30. The number of aromatic nitrogens is 2. The first kappa shape index (κ1) is 24.6. The number of alkyl halides is 2. The lowest BCUT2D eigenvalue weighted by atomic mass is 10.1. The molecule has 184 valence electrons. The van der Waals surface area contributed by atoms with Gasteiger partial charge in [-0.15, -0.1) is 0 Å². The molecule has 2 N–H and O–H groups in total. The SMILES string of the molecule is Cc1cc(Cl)ccc1Oc1cc(NC(=O)c2cc(-c3ccc(OC(F)F)cc3)n[nH]2)cc([N+](=O)[O-])c1. The molecule has 4 rings (SSSR count).